The van der Waals surface area contributed by atoms with Crippen LogP contribution in [0.15, 0.2) is 29.1 Å². The minimum atomic E-state index is -0.296. The summed E-state index contributed by atoms with van der Waals surface area (Å²) in [7, 11) is 2.06. The van der Waals surface area contributed by atoms with Gasteiger partial charge in [0.15, 0.2) is 0 Å². The average Bonchev–Trinajstić information content (AvgIpc) is 3.31. The number of para-hydroxylation sites is 1. The molecule has 0 radical (unpaired) electrons. The van der Waals surface area contributed by atoms with E-state index in [-0.39, 0.29) is 29.2 Å². The second-order valence-electron chi connectivity index (χ2n) is 10.4. The van der Waals surface area contributed by atoms with Crippen molar-refractivity contribution in [2.75, 3.05) is 32.1 Å². The number of hydrogen-bond acceptors (Lipinski definition) is 6. The highest BCUT2D eigenvalue weighted by Crippen LogP contribution is 2.33. The van der Waals surface area contributed by atoms with E-state index in [4.69, 9.17) is 9.72 Å². The van der Waals surface area contributed by atoms with Crippen LogP contribution in [0.3, 0.4) is 0 Å². The van der Waals surface area contributed by atoms with Crippen molar-refractivity contribution in [3.8, 4) is 11.3 Å². The summed E-state index contributed by atoms with van der Waals surface area (Å²) in [4.78, 5) is 36.6. The highest BCUT2D eigenvalue weighted by molar-refractivity contribution is 6.01. The van der Waals surface area contributed by atoms with Crippen LogP contribution in [0.2, 0.25) is 0 Å². The molecule has 3 N–H and O–H groups in total. The first-order valence-electron chi connectivity index (χ1n) is 11.8. The number of carbonyl (C=O) groups excluding carboxylic acids is 1. The van der Waals surface area contributed by atoms with Crippen molar-refractivity contribution in [2.45, 2.75) is 51.9 Å². The number of amides is 1. The zero-order valence-corrected chi connectivity index (χ0v) is 20.4. The Morgan fingerprint density at radius 1 is 1.24 bits per heavy atom. The van der Waals surface area contributed by atoms with Crippen LogP contribution in [0.25, 0.3) is 22.2 Å². The predicted octanol–water partition coefficient (Wildman–Crippen LogP) is 2.74. The number of nitrogens with zero attached hydrogens (tertiary/aromatic N) is 3. The molecule has 34 heavy (non-hydrogen) atoms. The molecule has 1 fully saturated rings. The number of likely N-dealkylation sites (N-methyl/N-ethyl adjacent to an activating group) is 1. The highest BCUT2D eigenvalue weighted by Gasteiger charge is 2.29. The molecular formula is C25H32N6O3. The number of aromatic nitrogens is 3. The molecule has 4 heterocycles. The Morgan fingerprint density at radius 3 is 2.74 bits per heavy atom. The quantitative estimate of drug-likeness (QED) is 0.549. The first-order valence-corrected chi connectivity index (χ1v) is 11.8. The van der Waals surface area contributed by atoms with E-state index in [0.717, 1.165) is 30.0 Å². The lowest BCUT2D eigenvalue weighted by atomic mass is 10.1. The number of hydrogen-bond donors (Lipinski definition) is 3. The first-order chi connectivity index (χ1) is 16.1. The average molecular weight is 465 g/mol. The van der Waals surface area contributed by atoms with Gasteiger partial charge in [-0.15, -0.1) is 0 Å². The van der Waals surface area contributed by atoms with Crippen LogP contribution in [-0.2, 0) is 11.3 Å². The van der Waals surface area contributed by atoms with Gasteiger partial charge in [-0.05, 0) is 46.9 Å². The second-order valence-corrected chi connectivity index (χ2v) is 10.4. The summed E-state index contributed by atoms with van der Waals surface area (Å²) in [6.07, 6.45) is -0.0919. The van der Waals surface area contributed by atoms with Crippen molar-refractivity contribution in [3.05, 3.63) is 45.9 Å². The van der Waals surface area contributed by atoms with E-state index in [1.165, 1.54) is 0 Å². The fourth-order valence-electron chi connectivity index (χ4n) is 4.73. The number of nitrogens with one attached hydrogen (secondary N) is 3. The van der Waals surface area contributed by atoms with Crippen LogP contribution < -0.4 is 16.2 Å². The van der Waals surface area contributed by atoms with Gasteiger partial charge in [0.25, 0.3) is 11.5 Å². The zero-order valence-electron chi connectivity index (χ0n) is 20.4. The van der Waals surface area contributed by atoms with Crippen molar-refractivity contribution in [2.24, 2.45) is 0 Å². The Kier molecular flexibility index (Phi) is 5.49. The Hall–Kier alpha value is -3.17. The van der Waals surface area contributed by atoms with Gasteiger partial charge in [0.2, 0.25) is 5.95 Å². The minimum Gasteiger partial charge on any atom is -0.374 e. The normalized spacial score (nSPS) is 21.0. The molecule has 1 amide bonds. The lowest BCUT2D eigenvalue weighted by molar-refractivity contribution is -0.0277. The molecule has 0 bridgehead atoms. The number of benzene rings is 1. The Labute approximate surface area is 198 Å². The van der Waals surface area contributed by atoms with Gasteiger partial charge in [0, 0.05) is 29.9 Å². The third kappa shape index (κ3) is 4.10. The molecule has 1 aromatic carbocycles. The molecule has 2 atom stereocenters. The van der Waals surface area contributed by atoms with Crippen LogP contribution in [0.1, 0.15) is 49.8 Å². The molecule has 0 aliphatic carbocycles. The summed E-state index contributed by atoms with van der Waals surface area (Å²) in [5.74, 6) is 0.424. The van der Waals surface area contributed by atoms with Crippen molar-refractivity contribution >= 4 is 22.8 Å². The highest BCUT2D eigenvalue weighted by atomic mass is 16.5. The molecule has 9 heteroatoms. The molecule has 2 aliphatic heterocycles. The summed E-state index contributed by atoms with van der Waals surface area (Å²) >= 11 is 0. The number of rotatable bonds is 4. The van der Waals surface area contributed by atoms with Crippen LogP contribution in [0.4, 0.5) is 5.95 Å². The third-order valence-corrected chi connectivity index (χ3v) is 6.36. The zero-order chi connectivity index (χ0) is 24.2. The van der Waals surface area contributed by atoms with Gasteiger partial charge in [-0.3, -0.25) is 14.2 Å². The predicted molar refractivity (Wildman–Crippen MR) is 132 cm³/mol. The number of fused-ring (bicyclic) bond motifs is 2. The molecule has 2 aliphatic rings. The summed E-state index contributed by atoms with van der Waals surface area (Å²) in [5, 5.41) is 6.87. The van der Waals surface area contributed by atoms with Crippen molar-refractivity contribution in [1.82, 2.24) is 24.8 Å². The van der Waals surface area contributed by atoms with Gasteiger partial charge in [0.1, 0.15) is 0 Å². The van der Waals surface area contributed by atoms with E-state index in [2.05, 4.69) is 27.6 Å². The summed E-state index contributed by atoms with van der Waals surface area (Å²) < 4.78 is 7.65. The molecule has 5 rings (SSSR count). The summed E-state index contributed by atoms with van der Waals surface area (Å²) in [6, 6.07) is 7.37. The SMILES string of the molecule is C[C@H]1NC(=O)c2cc(-c3cccc4c(=O)n(C[C@@H]5CN(C)CCO5)c(NC(C)(C)C)nc34)[nH]c21. The Balaban J connectivity index is 1.65. The van der Waals surface area contributed by atoms with Gasteiger partial charge >= 0.3 is 0 Å². The van der Waals surface area contributed by atoms with Gasteiger partial charge in [-0.1, -0.05) is 12.1 Å². The topological polar surface area (TPSA) is 104 Å². The van der Waals surface area contributed by atoms with E-state index in [9.17, 15) is 9.59 Å². The molecule has 0 unspecified atom stereocenters. The Morgan fingerprint density at radius 2 is 2.03 bits per heavy atom. The van der Waals surface area contributed by atoms with E-state index < -0.39 is 0 Å². The molecular weight excluding hydrogens is 432 g/mol. The number of anilines is 1. The van der Waals surface area contributed by atoms with Crippen LogP contribution >= 0.6 is 0 Å². The molecule has 180 valence electrons. The van der Waals surface area contributed by atoms with Crippen LogP contribution in [-0.4, -0.2) is 63.7 Å². The van der Waals surface area contributed by atoms with Crippen molar-refractivity contribution in [1.29, 1.82) is 0 Å². The van der Waals surface area contributed by atoms with E-state index >= 15 is 0 Å². The smallest absolute Gasteiger partial charge is 0.262 e. The number of aromatic amines is 1. The molecule has 2 aromatic heterocycles. The van der Waals surface area contributed by atoms with Crippen LogP contribution in [0.5, 0.6) is 0 Å². The molecule has 1 saturated heterocycles. The monoisotopic (exact) mass is 464 g/mol. The number of carbonyl (C=O) groups is 1. The van der Waals surface area contributed by atoms with E-state index in [0.29, 0.717) is 35.6 Å². The fraction of sp³-hybridized carbons (Fsp3) is 0.480. The van der Waals surface area contributed by atoms with Gasteiger partial charge in [-0.2, -0.15) is 0 Å². The Bertz CT molecular complexity index is 1320. The lowest BCUT2D eigenvalue weighted by Gasteiger charge is -2.31. The fourth-order valence-corrected chi connectivity index (χ4v) is 4.73. The number of ether oxygens (including phenoxy) is 1. The maximum atomic E-state index is 13.8. The largest absolute Gasteiger partial charge is 0.374 e. The van der Waals surface area contributed by atoms with Gasteiger partial charge in [-0.25, -0.2) is 4.98 Å². The second kappa shape index (κ2) is 8.25. The maximum Gasteiger partial charge on any atom is 0.262 e. The molecule has 9 nitrogen and oxygen atoms in total. The summed E-state index contributed by atoms with van der Waals surface area (Å²) in [6.45, 7) is 10.8. The van der Waals surface area contributed by atoms with E-state index in [1.807, 2.05) is 52.0 Å². The number of H-pyrrole nitrogens is 1. The van der Waals surface area contributed by atoms with Crippen molar-refractivity contribution < 1.29 is 9.53 Å². The third-order valence-electron chi connectivity index (χ3n) is 6.36. The maximum absolute atomic E-state index is 13.8. The first kappa shape index (κ1) is 22.6. The lowest BCUT2D eigenvalue weighted by Crippen LogP contribution is -2.44. The standard InChI is InChI=1S/C25H32N6O3/c1-14-20-18(22(32)26-14)11-19(27-20)16-7-6-8-17-21(16)28-24(29-25(2,3)4)31(23(17)33)13-15-12-30(5)9-10-34-15/h6-8,11,14-15,27H,9-10,12-13H2,1-5H3,(H,26,32)(H,28,29)/t14-,15+/m1/s1. The number of morpholine rings is 1. The minimum absolute atomic E-state index is 0.0804. The van der Waals surface area contributed by atoms with Gasteiger partial charge in [0.05, 0.1) is 47.5 Å². The molecule has 3 aromatic rings. The van der Waals surface area contributed by atoms with Gasteiger partial charge < -0.3 is 25.3 Å². The van der Waals surface area contributed by atoms with Crippen molar-refractivity contribution in [3.63, 3.8) is 0 Å². The molecule has 0 saturated carbocycles. The van der Waals surface area contributed by atoms with E-state index in [1.54, 1.807) is 4.57 Å². The molecule has 0 spiro atoms. The van der Waals surface area contributed by atoms with Crippen LogP contribution in [0, 0.1) is 0 Å². The summed E-state index contributed by atoms with van der Waals surface area (Å²) in [5.41, 5.74) is 3.26.